The quantitative estimate of drug-likeness (QED) is 0.373. The van der Waals surface area contributed by atoms with E-state index in [1.807, 2.05) is 0 Å². The SMILES string of the molecule is CC1CCC(C(=O)OC(CCC(C)CC(C)(C)C)C2CCC(C(C)(C)C)CC2)C(C(=O)O)C1. The Balaban J connectivity index is 2.08. The first-order valence-corrected chi connectivity index (χ1v) is 13.6. The third kappa shape index (κ3) is 8.91. The third-order valence-electron chi connectivity index (χ3n) is 8.43. The topological polar surface area (TPSA) is 63.6 Å². The number of carboxylic acid groups (broad SMARTS) is 1. The van der Waals surface area contributed by atoms with Crippen LogP contribution in [0.25, 0.3) is 0 Å². The van der Waals surface area contributed by atoms with Crippen LogP contribution in [0.4, 0.5) is 0 Å². The lowest BCUT2D eigenvalue weighted by atomic mass is 9.68. The summed E-state index contributed by atoms with van der Waals surface area (Å²) in [6, 6.07) is 0. The average Bonchev–Trinajstić information content (AvgIpc) is 2.69. The Hall–Kier alpha value is -1.06. The van der Waals surface area contributed by atoms with Gasteiger partial charge >= 0.3 is 11.9 Å². The predicted molar refractivity (Wildman–Crippen MR) is 135 cm³/mol. The fraction of sp³-hybridized carbons (Fsp3) is 0.931. The van der Waals surface area contributed by atoms with E-state index in [0.717, 1.165) is 44.4 Å². The number of hydrogen-bond donors (Lipinski definition) is 1. The molecule has 0 heterocycles. The fourth-order valence-corrected chi connectivity index (χ4v) is 6.52. The van der Waals surface area contributed by atoms with Crippen molar-refractivity contribution in [3.8, 4) is 0 Å². The number of esters is 1. The molecule has 2 fully saturated rings. The molecule has 0 aliphatic heterocycles. The molecule has 0 radical (unpaired) electrons. The smallest absolute Gasteiger partial charge is 0.310 e. The summed E-state index contributed by atoms with van der Waals surface area (Å²) in [5.41, 5.74) is 0.621. The van der Waals surface area contributed by atoms with Gasteiger partial charge in [-0.15, -0.1) is 0 Å². The van der Waals surface area contributed by atoms with Gasteiger partial charge in [0.05, 0.1) is 11.8 Å². The van der Waals surface area contributed by atoms with Crippen molar-refractivity contribution in [2.24, 2.45) is 46.3 Å². The molecule has 0 bridgehead atoms. The number of carbonyl (C=O) groups is 2. The zero-order valence-electron chi connectivity index (χ0n) is 22.8. The summed E-state index contributed by atoms with van der Waals surface area (Å²) in [5, 5.41) is 9.74. The monoisotopic (exact) mass is 464 g/mol. The van der Waals surface area contributed by atoms with E-state index in [1.54, 1.807) is 0 Å². The minimum Gasteiger partial charge on any atom is -0.481 e. The molecule has 5 atom stereocenters. The van der Waals surface area contributed by atoms with Crippen LogP contribution in [0.3, 0.4) is 0 Å². The molecular weight excluding hydrogens is 412 g/mol. The third-order valence-corrected chi connectivity index (χ3v) is 8.43. The van der Waals surface area contributed by atoms with Gasteiger partial charge in [-0.1, -0.05) is 55.4 Å². The second-order valence-electron chi connectivity index (χ2n) is 13.9. The number of aliphatic carboxylic acids is 1. The highest BCUT2D eigenvalue weighted by Gasteiger charge is 2.41. The van der Waals surface area contributed by atoms with E-state index in [9.17, 15) is 14.7 Å². The molecule has 0 aromatic heterocycles. The molecule has 4 heteroatoms. The number of carbonyl (C=O) groups excluding carboxylic acids is 1. The molecule has 2 aliphatic carbocycles. The normalized spacial score (nSPS) is 31.0. The van der Waals surface area contributed by atoms with Crippen molar-refractivity contribution < 1.29 is 19.4 Å². The van der Waals surface area contributed by atoms with Crippen LogP contribution in [-0.4, -0.2) is 23.1 Å². The van der Waals surface area contributed by atoms with Gasteiger partial charge in [-0.3, -0.25) is 9.59 Å². The van der Waals surface area contributed by atoms with Crippen molar-refractivity contribution in [3.63, 3.8) is 0 Å². The molecule has 33 heavy (non-hydrogen) atoms. The molecular formula is C29H52O4. The maximum atomic E-state index is 13.3. The molecule has 0 aromatic carbocycles. The molecule has 0 saturated heterocycles. The Morgan fingerprint density at radius 3 is 2.03 bits per heavy atom. The minimum absolute atomic E-state index is 0.0744. The summed E-state index contributed by atoms with van der Waals surface area (Å²) in [6.45, 7) is 18.2. The van der Waals surface area contributed by atoms with E-state index in [0.29, 0.717) is 41.4 Å². The van der Waals surface area contributed by atoms with Gasteiger partial charge in [0.25, 0.3) is 0 Å². The maximum Gasteiger partial charge on any atom is 0.310 e. The fourth-order valence-electron chi connectivity index (χ4n) is 6.52. The van der Waals surface area contributed by atoms with Crippen molar-refractivity contribution in [2.45, 2.75) is 126 Å². The van der Waals surface area contributed by atoms with E-state index in [-0.39, 0.29) is 12.1 Å². The van der Waals surface area contributed by atoms with Crippen molar-refractivity contribution in [1.82, 2.24) is 0 Å². The van der Waals surface area contributed by atoms with Gasteiger partial charge in [-0.05, 0) is 98.7 Å². The zero-order chi connectivity index (χ0) is 25.0. The lowest BCUT2D eigenvalue weighted by Crippen LogP contribution is -2.40. The first kappa shape index (κ1) is 28.2. The van der Waals surface area contributed by atoms with Crippen molar-refractivity contribution in [2.75, 3.05) is 0 Å². The van der Waals surface area contributed by atoms with Gasteiger partial charge in [0.2, 0.25) is 0 Å². The van der Waals surface area contributed by atoms with E-state index in [4.69, 9.17) is 4.74 Å². The molecule has 0 spiro atoms. The first-order valence-electron chi connectivity index (χ1n) is 13.6. The second kappa shape index (κ2) is 11.6. The Morgan fingerprint density at radius 1 is 0.909 bits per heavy atom. The molecule has 0 amide bonds. The van der Waals surface area contributed by atoms with Gasteiger partial charge in [-0.2, -0.15) is 0 Å². The predicted octanol–water partition coefficient (Wildman–Crippen LogP) is 7.74. The van der Waals surface area contributed by atoms with Gasteiger partial charge < -0.3 is 9.84 Å². The molecule has 5 unspecified atom stereocenters. The molecule has 2 aliphatic rings. The standard InChI is InChI=1S/C29H52O4/c1-19-9-15-23(24(17-19)26(30)31)27(32)33-25(16-10-20(2)18-28(3,4)5)21-11-13-22(14-12-21)29(6,7)8/h19-25H,9-18H2,1-8H3,(H,30,31). The van der Waals surface area contributed by atoms with Crippen molar-refractivity contribution >= 4 is 11.9 Å². The maximum absolute atomic E-state index is 13.3. The van der Waals surface area contributed by atoms with Crippen LogP contribution in [0.15, 0.2) is 0 Å². The zero-order valence-corrected chi connectivity index (χ0v) is 22.8. The largest absolute Gasteiger partial charge is 0.481 e. The van der Waals surface area contributed by atoms with Gasteiger partial charge in [0.1, 0.15) is 6.10 Å². The van der Waals surface area contributed by atoms with Gasteiger partial charge in [0, 0.05) is 0 Å². The Morgan fingerprint density at radius 2 is 1.52 bits per heavy atom. The second-order valence-corrected chi connectivity index (χ2v) is 13.9. The minimum atomic E-state index is -0.843. The molecule has 4 nitrogen and oxygen atoms in total. The van der Waals surface area contributed by atoms with Crippen LogP contribution in [0.5, 0.6) is 0 Å². The Kier molecular flexibility index (Phi) is 9.89. The summed E-state index contributed by atoms with van der Waals surface area (Å²) in [5.74, 6) is -0.111. The molecule has 0 aromatic rings. The number of ether oxygens (including phenoxy) is 1. The highest BCUT2D eigenvalue weighted by atomic mass is 16.5. The summed E-state index contributed by atoms with van der Waals surface area (Å²) in [6.07, 6.45) is 9.77. The van der Waals surface area contributed by atoms with Crippen LogP contribution < -0.4 is 0 Å². The Bertz CT molecular complexity index is 633. The van der Waals surface area contributed by atoms with Crippen LogP contribution in [-0.2, 0) is 14.3 Å². The molecule has 2 saturated carbocycles. The van der Waals surface area contributed by atoms with Crippen LogP contribution >= 0.6 is 0 Å². The van der Waals surface area contributed by atoms with E-state index < -0.39 is 17.8 Å². The highest BCUT2D eigenvalue weighted by Crippen LogP contribution is 2.43. The van der Waals surface area contributed by atoms with E-state index >= 15 is 0 Å². The molecule has 192 valence electrons. The van der Waals surface area contributed by atoms with Crippen LogP contribution in [0.1, 0.15) is 120 Å². The molecule has 2 rings (SSSR count). The highest BCUT2D eigenvalue weighted by molar-refractivity contribution is 5.81. The van der Waals surface area contributed by atoms with Crippen molar-refractivity contribution in [1.29, 1.82) is 0 Å². The van der Waals surface area contributed by atoms with E-state index in [2.05, 4.69) is 55.4 Å². The lowest BCUT2D eigenvalue weighted by molar-refractivity contribution is -0.168. The van der Waals surface area contributed by atoms with Crippen molar-refractivity contribution in [3.05, 3.63) is 0 Å². The number of hydrogen-bond acceptors (Lipinski definition) is 3. The molecule has 1 N–H and O–H groups in total. The average molecular weight is 465 g/mol. The summed E-state index contributed by atoms with van der Waals surface area (Å²) < 4.78 is 6.24. The van der Waals surface area contributed by atoms with E-state index in [1.165, 1.54) is 12.8 Å². The summed E-state index contributed by atoms with van der Waals surface area (Å²) >= 11 is 0. The van der Waals surface area contributed by atoms with Crippen LogP contribution in [0, 0.1) is 46.3 Å². The first-order chi connectivity index (χ1) is 15.2. The summed E-state index contributed by atoms with van der Waals surface area (Å²) in [4.78, 5) is 25.2. The number of carboxylic acids is 1. The van der Waals surface area contributed by atoms with Gasteiger partial charge in [0.15, 0.2) is 0 Å². The van der Waals surface area contributed by atoms with Crippen LogP contribution in [0.2, 0.25) is 0 Å². The summed E-state index contributed by atoms with van der Waals surface area (Å²) in [7, 11) is 0. The lowest BCUT2D eigenvalue weighted by Gasteiger charge is -2.40. The number of rotatable bonds is 8. The Labute approximate surface area is 203 Å². The van der Waals surface area contributed by atoms with Gasteiger partial charge in [-0.25, -0.2) is 0 Å².